The Kier molecular flexibility index (Phi) is 16.1. The van der Waals surface area contributed by atoms with E-state index in [2.05, 4.69) is 69.0 Å². The third-order valence-electron chi connectivity index (χ3n) is 6.56. The third kappa shape index (κ3) is 15.1. The molecule has 0 aliphatic heterocycles. The Morgan fingerprint density at radius 2 is 0.838 bits per heavy atom. The molecule has 0 unspecified atom stereocenters. The first kappa shape index (κ1) is 31.2. The van der Waals surface area contributed by atoms with E-state index in [1.165, 1.54) is 36.8 Å². The van der Waals surface area contributed by atoms with E-state index in [-0.39, 0.29) is 0 Å². The summed E-state index contributed by atoms with van der Waals surface area (Å²) in [4.78, 5) is 7.94. The summed E-state index contributed by atoms with van der Waals surface area (Å²) in [5.41, 5.74) is 4.32. The molecule has 37 heavy (non-hydrogen) atoms. The molecule has 0 heterocycles. The first-order valence-electron chi connectivity index (χ1n) is 13.6. The molecule has 0 saturated carbocycles. The second kappa shape index (κ2) is 19.1. The number of sulfone groups is 1. The molecule has 0 fully saturated rings. The molecule has 0 bridgehead atoms. The van der Waals surface area contributed by atoms with Crippen molar-refractivity contribution in [1.29, 1.82) is 0 Å². The number of isothiocyanates is 2. The van der Waals surface area contributed by atoms with Gasteiger partial charge in [0, 0.05) is 0 Å². The van der Waals surface area contributed by atoms with E-state index in [9.17, 15) is 8.42 Å². The van der Waals surface area contributed by atoms with Crippen LogP contribution in [0.15, 0.2) is 58.5 Å². The highest BCUT2D eigenvalue weighted by molar-refractivity contribution is 7.91. The minimum absolute atomic E-state index is 0.345. The predicted octanol–water partition coefficient (Wildman–Crippen LogP) is 9.04. The molecule has 0 atom stereocenters. The van der Waals surface area contributed by atoms with Crippen molar-refractivity contribution in [3.63, 3.8) is 0 Å². The van der Waals surface area contributed by atoms with Crippen LogP contribution in [0.25, 0.3) is 0 Å². The normalized spacial score (nSPS) is 11.0. The number of rotatable bonds is 20. The van der Waals surface area contributed by atoms with E-state index in [0.717, 1.165) is 75.6 Å². The van der Waals surface area contributed by atoms with Gasteiger partial charge in [0.05, 0.1) is 33.2 Å². The molecule has 0 aliphatic carbocycles. The Hall–Kier alpha value is -2.01. The Labute approximate surface area is 234 Å². The maximum Gasteiger partial charge on any atom is 0.150 e. The SMILES string of the molecule is O=S(=O)(CCCCCCCCc1ccc(N=C=S)cc1)CCCCCCCCc1ccc(N=C=S)cc1. The summed E-state index contributed by atoms with van der Waals surface area (Å²) in [5, 5.41) is 4.77. The van der Waals surface area contributed by atoms with Gasteiger partial charge in [-0.15, -0.1) is 0 Å². The van der Waals surface area contributed by atoms with Crippen LogP contribution >= 0.6 is 24.4 Å². The van der Waals surface area contributed by atoms with Gasteiger partial charge >= 0.3 is 0 Å². The standard InChI is InChI=1S/C30H40N2O2S3/c33-37(34,23-11-7-3-1-5-9-13-27-15-19-29(20-16-27)31-25-35)24-12-8-4-2-6-10-14-28-17-21-30(22-18-28)32-26-36/h15-22H,1-14,23-24H2. The van der Waals surface area contributed by atoms with Crippen molar-refractivity contribution < 1.29 is 8.42 Å². The number of thiocarbonyl (C=S) groups is 2. The number of aliphatic imine (C=N–C) groups is 2. The fourth-order valence-corrected chi connectivity index (χ4v) is 6.10. The third-order valence-corrected chi connectivity index (χ3v) is 8.57. The van der Waals surface area contributed by atoms with Gasteiger partial charge in [-0.2, -0.15) is 9.98 Å². The fourth-order valence-electron chi connectivity index (χ4n) is 4.40. The number of nitrogens with zero attached hydrogens (tertiary/aromatic N) is 2. The van der Waals surface area contributed by atoms with Gasteiger partial charge in [-0.3, -0.25) is 0 Å². The zero-order valence-electron chi connectivity index (χ0n) is 21.9. The number of aryl methyl sites for hydroxylation is 2. The van der Waals surface area contributed by atoms with Crippen LogP contribution in [0.4, 0.5) is 11.4 Å². The van der Waals surface area contributed by atoms with Crippen molar-refractivity contribution in [3.05, 3.63) is 59.7 Å². The maximum absolute atomic E-state index is 12.3. The second-order valence-electron chi connectivity index (χ2n) is 9.63. The largest absolute Gasteiger partial charge is 0.229 e. The van der Waals surface area contributed by atoms with Crippen molar-refractivity contribution in [2.75, 3.05) is 11.5 Å². The van der Waals surface area contributed by atoms with Crippen LogP contribution in [0.2, 0.25) is 0 Å². The van der Waals surface area contributed by atoms with Crippen LogP contribution in [0, 0.1) is 0 Å². The first-order chi connectivity index (χ1) is 18.0. The number of benzene rings is 2. The Balaban J connectivity index is 1.40. The molecular formula is C30H40N2O2S3. The van der Waals surface area contributed by atoms with E-state index >= 15 is 0 Å². The Morgan fingerprint density at radius 1 is 0.514 bits per heavy atom. The highest BCUT2D eigenvalue weighted by atomic mass is 32.2. The van der Waals surface area contributed by atoms with E-state index in [1.54, 1.807) is 0 Å². The molecule has 0 amide bonds. The lowest BCUT2D eigenvalue weighted by molar-refractivity contribution is 0.571. The Bertz CT molecular complexity index is 1020. The number of hydrogen-bond acceptors (Lipinski definition) is 6. The molecule has 0 aromatic heterocycles. The summed E-state index contributed by atoms with van der Waals surface area (Å²) < 4.78 is 24.6. The van der Waals surface area contributed by atoms with E-state index in [4.69, 9.17) is 0 Å². The predicted molar refractivity (Wildman–Crippen MR) is 164 cm³/mol. The fraction of sp³-hybridized carbons (Fsp3) is 0.533. The van der Waals surface area contributed by atoms with E-state index in [0.29, 0.717) is 11.5 Å². The molecule has 2 aromatic rings. The van der Waals surface area contributed by atoms with Gasteiger partial charge in [0.1, 0.15) is 9.84 Å². The summed E-state index contributed by atoms with van der Waals surface area (Å²) >= 11 is 9.24. The molecule has 0 spiro atoms. The highest BCUT2D eigenvalue weighted by Crippen LogP contribution is 2.17. The quantitative estimate of drug-likeness (QED) is 0.0927. The average molecular weight is 557 g/mol. The van der Waals surface area contributed by atoms with Gasteiger partial charge in [-0.1, -0.05) is 75.6 Å². The van der Waals surface area contributed by atoms with Crippen LogP contribution in [-0.4, -0.2) is 30.2 Å². The van der Waals surface area contributed by atoms with Crippen LogP contribution in [-0.2, 0) is 22.7 Å². The highest BCUT2D eigenvalue weighted by Gasteiger charge is 2.09. The molecule has 4 nitrogen and oxygen atoms in total. The zero-order chi connectivity index (χ0) is 26.6. The number of hydrogen-bond donors (Lipinski definition) is 0. The lowest BCUT2D eigenvalue weighted by Crippen LogP contribution is -2.11. The van der Waals surface area contributed by atoms with Gasteiger partial charge in [-0.25, -0.2) is 8.42 Å². The molecule has 200 valence electrons. The minimum Gasteiger partial charge on any atom is -0.229 e. The van der Waals surface area contributed by atoms with Crippen molar-refractivity contribution in [2.45, 2.75) is 89.9 Å². The zero-order valence-corrected chi connectivity index (χ0v) is 24.3. The molecule has 0 radical (unpaired) electrons. The van der Waals surface area contributed by atoms with Gasteiger partial charge < -0.3 is 0 Å². The van der Waals surface area contributed by atoms with Gasteiger partial charge in [0.25, 0.3) is 0 Å². The molecule has 0 N–H and O–H groups in total. The molecule has 2 rings (SSSR count). The summed E-state index contributed by atoms with van der Waals surface area (Å²) in [6.45, 7) is 0. The lowest BCUT2D eigenvalue weighted by Gasteiger charge is -2.06. The van der Waals surface area contributed by atoms with Crippen molar-refractivity contribution in [1.82, 2.24) is 0 Å². The summed E-state index contributed by atoms with van der Waals surface area (Å²) in [7, 11) is -2.90. The second-order valence-corrected chi connectivity index (χ2v) is 12.3. The molecule has 2 aromatic carbocycles. The van der Waals surface area contributed by atoms with Crippen molar-refractivity contribution in [2.24, 2.45) is 9.98 Å². The first-order valence-corrected chi connectivity index (χ1v) is 16.2. The van der Waals surface area contributed by atoms with Crippen molar-refractivity contribution in [3.8, 4) is 0 Å². The lowest BCUT2D eigenvalue weighted by atomic mass is 10.0. The van der Waals surface area contributed by atoms with Gasteiger partial charge in [0.2, 0.25) is 0 Å². The molecular weight excluding hydrogens is 517 g/mol. The summed E-state index contributed by atoms with van der Waals surface area (Å²) in [5.74, 6) is 0.691. The molecule has 7 heteroatoms. The molecule has 0 aliphatic rings. The summed E-state index contributed by atoms with van der Waals surface area (Å²) in [6, 6.07) is 16.3. The van der Waals surface area contributed by atoms with E-state index in [1.807, 2.05) is 24.3 Å². The van der Waals surface area contributed by atoms with Gasteiger partial charge in [0.15, 0.2) is 0 Å². The topological polar surface area (TPSA) is 58.9 Å². The minimum atomic E-state index is -2.90. The van der Waals surface area contributed by atoms with Crippen LogP contribution < -0.4 is 0 Å². The van der Waals surface area contributed by atoms with Crippen LogP contribution in [0.3, 0.4) is 0 Å². The van der Waals surface area contributed by atoms with Crippen LogP contribution in [0.1, 0.15) is 88.2 Å². The Morgan fingerprint density at radius 3 is 1.19 bits per heavy atom. The average Bonchev–Trinajstić information content (AvgIpc) is 2.89. The smallest absolute Gasteiger partial charge is 0.150 e. The van der Waals surface area contributed by atoms with E-state index < -0.39 is 9.84 Å². The number of unbranched alkanes of at least 4 members (excludes halogenated alkanes) is 10. The molecule has 0 saturated heterocycles. The van der Waals surface area contributed by atoms with Gasteiger partial charge in [-0.05, 0) is 98.4 Å². The van der Waals surface area contributed by atoms with Crippen molar-refractivity contribution >= 4 is 56.0 Å². The maximum atomic E-state index is 12.3. The monoisotopic (exact) mass is 556 g/mol. The summed E-state index contributed by atoms with van der Waals surface area (Å²) in [6.07, 6.45) is 15.0. The van der Waals surface area contributed by atoms with Crippen LogP contribution in [0.5, 0.6) is 0 Å².